The molecule has 0 saturated carbocycles. The molecule has 0 bridgehead atoms. The van der Waals surface area contributed by atoms with Crippen molar-refractivity contribution in [1.82, 2.24) is 5.32 Å². The van der Waals surface area contributed by atoms with Crippen LogP contribution in [0.1, 0.15) is 31.7 Å². The molecule has 20 heavy (non-hydrogen) atoms. The topological polar surface area (TPSA) is 64.9 Å². The highest BCUT2D eigenvalue weighted by atomic mass is 19.1. The van der Waals surface area contributed by atoms with Gasteiger partial charge in [-0.25, -0.2) is 4.39 Å². The van der Waals surface area contributed by atoms with Crippen molar-refractivity contribution in [2.45, 2.75) is 26.2 Å². The zero-order valence-corrected chi connectivity index (χ0v) is 11.5. The van der Waals surface area contributed by atoms with Crippen LogP contribution in [0, 0.1) is 22.6 Å². The first-order chi connectivity index (χ1) is 9.61. The van der Waals surface area contributed by atoms with Crippen molar-refractivity contribution in [2.75, 3.05) is 18.4 Å². The molecule has 1 unspecified atom stereocenters. The van der Waals surface area contributed by atoms with Gasteiger partial charge < -0.3 is 10.6 Å². The summed E-state index contributed by atoms with van der Waals surface area (Å²) in [5, 5.41) is 14.6. The number of carbonyl (C=O) groups excluding carboxylic acids is 1. The van der Waals surface area contributed by atoms with Crippen LogP contribution in [0.5, 0.6) is 0 Å². The third-order valence-electron chi connectivity index (χ3n) is 3.98. The van der Waals surface area contributed by atoms with E-state index in [4.69, 9.17) is 5.26 Å². The quantitative estimate of drug-likeness (QED) is 0.890. The average molecular weight is 275 g/mol. The lowest BCUT2D eigenvalue weighted by Crippen LogP contribution is -2.47. The number of rotatable bonds is 3. The molecule has 106 valence electrons. The minimum absolute atomic E-state index is 0.132. The number of nitrogens with one attached hydrogen (secondary N) is 2. The Balaban J connectivity index is 2.16. The second kappa shape index (κ2) is 6.02. The molecule has 1 aliphatic heterocycles. The molecule has 0 aliphatic carbocycles. The lowest BCUT2D eigenvalue weighted by molar-refractivity contribution is -0.126. The molecule has 5 heteroatoms. The Morgan fingerprint density at radius 3 is 2.95 bits per heavy atom. The van der Waals surface area contributed by atoms with Gasteiger partial charge in [0.25, 0.3) is 0 Å². The van der Waals surface area contributed by atoms with Crippen LogP contribution < -0.4 is 10.6 Å². The van der Waals surface area contributed by atoms with Crippen molar-refractivity contribution >= 4 is 11.6 Å². The van der Waals surface area contributed by atoms with E-state index in [-0.39, 0.29) is 17.2 Å². The summed E-state index contributed by atoms with van der Waals surface area (Å²) in [7, 11) is 0. The Hall–Kier alpha value is -1.93. The van der Waals surface area contributed by atoms with Gasteiger partial charge >= 0.3 is 0 Å². The van der Waals surface area contributed by atoms with E-state index in [2.05, 4.69) is 10.6 Å². The lowest BCUT2D eigenvalue weighted by atomic mass is 9.77. The molecule has 1 heterocycles. The van der Waals surface area contributed by atoms with Crippen molar-refractivity contribution in [3.05, 3.63) is 29.6 Å². The van der Waals surface area contributed by atoms with Crippen LogP contribution in [0.15, 0.2) is 18.2 Å². The Labute approximate surface area is 118 Å². The van der Waals surface area contributed by atoms with E-state index < -0.39 is 11.2 Å². The summed E-state index contributed by atoms with van der Waals surface area (Å²) in [4.78, 5) is 12.4. The molecule has 1 amide bonds. The standard InChI is InChI=1S/C15H18FN3O/c1-2-15(6-3-7-18-10-15)14(20)19-13-5-4-11(9-17)8-12(13)16/h4-5,8,18H,2-3,6-7,10H2,1H3,(H,19,20). The van der Waals surface area contributed by atoms with Gasteiger partial charge in [-0.2, -0.15) is 5.26 Å². The summed E-state index contributed by atoms with van der Waals surface area (Å²) >= 11 is 0. The largest absolute Gasteiger partial charge is 0.323 e. The molecular weight excluding hydrogens is 257 g/mol. The summed E-state index contributed by atoms with van der Waals surface area (Å²) in [6.07, 6.45) is 2.46. The first kappa shape index (κ1) is 14.5. The van der Waals surface area contributed by atoms with E-state index in [1.165, 1.54) is 12.1 Å². The van der Waals surface area contributed by atoms with Crippen molar-refractivity contribution in [2.24, 2.45) is 5.41 Å². The van der Waals surface area contributed by atoms with E-state index in [1.807, 2.05) is 13.0 Å². The van der Waals surface area contributed by atoms with E-state index in [9.17, 15) is 9.18 Å². The second-order valence-electron chi connectivity index (χ2n) is 5.17. The number of nitrogens with zero attached hydrogens (tertiary/aromatic N) is 1. The number of halogens is 1. The van der Waals surface area contributed by atoms with Gasteiger partial charge in [0.15, 0.2) is 0 Å². The normalized spacial score (nSPS) is 22.1. The number of hydrogen-bond acceptors (Lipinski definition) is 3. The molecular formula is C15H18FN3O. The molecule has 1 atom stereocenters. The number of benzene rings is 1. The van der Waals surface area contributed by atoms with Gasteiger partial charge in [-0.15, -0.1) is 0 Å². The van der Waals surface area contributed by atoms with Gasteiger partial charge in [-0.3, -0.25) is 4.79 Å². The summed E-state index contributed by atoms with van der Waals surface area (Å²) in [6, 6.07) is 5.93. The van der Waals surface area contributed by atoms with Gasteiger partial charge in [0.2, 0.25) is 5.91 Å². The molecule has 1 aromatic carbocycles. The smallest absolute Gasteiger partial charge is 0.231 e. The van der Waals surface area contributed by atoms with E-state index >= 15 is 0 Å². The molecule has 2 rings (SSSR count). The monoisotopic (exact) mass is 275 g/mol. The Kier molecular flexibility index (Phi) is 4.35. The Bertz CT molecular complexity index is 545. The molecule has 2 N–H and O–H groups in total. The Morgan fingerprint density at radius 1 is 1.60 bits per heavy atom. The van der Waals surface area contributed by atoms with Gasteiger partial charge in [0.05, 0.1) is 22.7 Å². The molecule has 4 nitrogen and oxygen atoms in total. The molecule has 1 aromatic rings. The van der Waals surface area contributed by atoms with Crippen LogP contribution in [-0.2, 0) is 4.79 Å². The third kappa shape index (κ3) is 2.81. The van der Waals surface area contributed by atoms with Gasteiger partial charge in [0.1, 0.15) is 5.82 Å². The minimum Gasteiger partial charge on any atom is -0.323 e. The number of nitriles is 1. The molecule has 1 saturated heterocycles. The number of piperidine rings is 1. The second-order valence-corrected chi connectivity index (χ2v) is 5.17. The first-order valence-electron chi connectivity index (χ1n) is 6.83. The number of amides is 1. The van der Waals surface area contributed by atoms with E-state index in [0.717, 1.165) is 25.5 Å². The lowest BCUT2D eigenvalue weighted by Gasteiger charge is -2.35. The SMILES string of the molecule is CCC1(C(=O)Nc2ccc(C#N)cc2F)CCCNC1. The molecule has 0 spiro atoms. The molecule has 0 radical (unpaired) electrons. The number of carbonyl (C=O) groups is 1. The van der Waals surface area contributed by atoms with Crippen LogP contribution in [0.3, 0.4) is 0 Å². The fourth-order valence-electron chi connectivity index (χ4n) is 2.56. The van der Waals surface area contributed by atoms with Gasteiger partial charge in [-0.05, 0) is 44.0 Å². The van der Waals surface area contributed by atoms with Crippen LogP contribution >= 0.6 is 0 Å². The molecule has 1 fully saturated rings. The maximum absolute atomic E-state index is 13.8. The maximum atomic E-state index is 13.8. The fourth-order valence-corrected chi connectivity index (χ4v) is 2.56. The average Bonchev–Trinajstić information content (AvgIpc) is 2.49. The maximum Gasteiger partial charge on any atom is 0.231 e. The van der Waals surface area contributed by atoms with Crippen LogP contribution in [-0.4, -0.2) is 19.0 Å². The molecule has 0 aromatic heterocycles. The highest BCUT2D eigenvalue weighted by Gasteiger charge is 2.38. The summed E-state index contributed by atoms with van der Waals surface area (Å²) in [5.74, 6) is -0.733. The third-order valence-corrected chi connectivity index (χ3v) is 3.98. The summed E-state index contributed by atoms with van der Waals surface area (Å²) in [5.41, 5.74) is -0.101. The van der Waals surface area contributed by atoms with E-state index in [0.29, 0.717) is 13.0 Å². The number of anilines is 1. The predicted molar refractivity (Wildman–Crippen MR) is 74.6 cm³/mol. The summed E-state index contributed by atoms with van der Waals surface area (Å²) in [6.45, 7) is 3.51. The minimum atomic E-state index is -0.576. The van der Waals surface area contributed by atoms with Crippen molar-refractivity contribution in [3.8, 4) is 6.07 Å². The number of hydrogen-bond donors (Lipinski definition) is 2. The Morgan fingerprint density at radius 2 is 2.40 bits per heavy atom. The zero-order valence-electron chi connectivity index (χ0n) is 11.5. The van der Waals surface area contributed by atoms with Crippen LogP contribution in [0.4, 0.5) is 10.1 Å². The van der Waals surface area contributed by atoms with E-state index in [1.54, 1.807) is 0 Å². The fraction of sp³-hybridized carbons (Fsp3) is 0.467. The van der Waals surface area contributed by atoms with Crippen molar-refractivity contribution in [3.63, 3.8) is 0 Å². The van der Waals surface area contributed by atoms with Crippen molar-refractivity contribution in [1.29, 1.82) is 5.26 Å². The van der Waals surface area contributed by atoms with Gasteiger partial charge in [-0.1, -0.05) is 6.92 Å². The summed E-state index contributed by atoms with van der Waals surface area (Å²) < 4.78 is 13.8. The highest BCUT2D eigenvalue weighted by Crippen LogP contribution is 2.32. The van der Waals surface area contributed by atoms with Crippen molar-refractivity contribution < 1.29 is 9.18 Å². The zero-order chi connectivity index (χ0) is 14.6. The predicted octanol–water partition coefficient (Wildman–Crippen LogP) is 2.42. The highest BCUT2D eigenvalue weighted by molar-refractivity contribution is 5.95. The molecule has 1 aliphatic rings. The first-order valence-corrected chi connectivity index (χ1v) is 6.83. The van der Waals surface area contributed by atoms with Crippen LogP contribution in [0.25, 0.3) is 0 Å². The van der Waals surface area contributed by atoms with Gasteiger partial charge in [0, 0.05) is 6.54 Å². The van der Waals surface area contributed by atoms with Crippen LogP contribution in [0.2, 0.25) is 0 Å².